The average molecular weight is 329 g/mol. The molecule has 0 aliphatic carbocycles. The van der Waals surface area contributed by atoms with Gasteiger partial charge < -0.3 is 9.80 Å². The van der Waals surface area contributed by atoms with E-state index in [1.807, 2.05) is 0 Å². The number of benzene rings is 1. The summed E-state index contributed by atoms with van der Waals surface area (Å²) in [6.07, 6.45) is 0.187. The molecule has 0 N–H and O–H groups in total. The highest BCUT2D eigenvalue weighted by atomic mass is 16.2. The van der Waals surface area contributed by atoms with Gasteiger partial charge >= 0.3 is 0 Å². The van der Waals surface area contributed by atoms with Crippen molar-refractivity contribution in [1.29, 1.82) is 0 Å². The van der Waals surface area contributed by atoms with E-state index in [4.69, 9.17) is 0 Å². The van der Waals surface area contributed by atoms with Crippen molar-refractivity contribution in [2.24, 2.45) is 0 Å². The number of nitrogens with zero attached hydrogens (tertiary/aromatic N) is 5. The summed E-state index contributed by atoms with van der Waals surface area (Å²) in [7, 11) is 0. The molecule has 1 fully saturated rings. The molecule has 2 amide bonds. The summed E-state index contributed by atoms with van der Waals surface area (Å²) in [6, 6.07) is 7.00. The van der Waals surface area contributed by atoms with Crippen molar-refractivity contribution in [3.8, 4) is 0 Å². The standard InChI is InChI=1S/C16H19N5O3/c1-12(22)19-8-10-20(11-9-19)15(23)6-7-21-16(24)13-4-2-3-5-14(13)17-18-21/h2-5H,6-11H2,1H3. The Kier molecular flexibility index (Phi) is 4.54. The van der Waals surface area contributed by atoms with Crippen LogP contribution >= 0.6 is 0 Å². The number of piperazine rings is 1. The van der Waals surface area contributed by atoms with E-state index in [1.54, 1.807) is 34.1 Å². The molecule has 1 saturated heterocycles. The van der Waals surface area contributed by atoms with Crippen LogP contribution in [0.25, 0.3) is 10.9 Å². The van der Waals surface area contributed by atoms with Crippen LogP contribution in [-0.2, 0) is 16.1 Å². The molecule has 1 aromatic heterocycles. The Labute approximate surface area is 138 Å². The normalized spacial score (nSPS) is 14.9. The lowest BCUT2D eigenvalue weighted by atomic mass is 10.2. The molecule has 0 saturated carbocycles. The van der Waals surface area contributed by atoms with Crippen molar-refractivity contribution in [3.63, 3.8) is 0 Å². The summed E-state index contributed by atoms with van der Waals surface area (Å²) in [5.41, 5.74) is 0.306. The molecule has 8 heteroatoms. The lowest BCUT2D eigenvalue weighted by Crippen LogP contribution is -2.50. The van der Waals surface area contributed by atoms with E-state index in [0.717, 1.165) is 0 Å². The number of rotatable bonds is 3. The zero-order valence-electron chi connectivity index (χ0n) is 13.5. The van der Waals surface area contributed by atoms with Crippen LogP contribution < -0.4 is 5.56 Å². The van der Waals surface area contributed by atoms with E-state index >= 15 is 0 Å². The van der Waals surface area contributed by atoms with Crippen molar-refractivity contribution in [1.82, 2.24) is 24.8 Å². The Morgan fingerprint density at radius 3 is 2.46 bits per heavy atom. The number of fused-ring (bicyclic) bond motifs is 1. The van der Waals surface area contributed by atoms with E-state index in [-0.39, 0.29) is 30.3 Å². The summed E-state index contributed by atoms with van der Waals surface area (Å²) in [5.74, 6) is -0.0138. The molecule has 0 radical (unpaired) electrons. The van der Waals surface area contributed by atoms with Crippen LogP contribution in [0.4, 0.5) is 0 Å². The number of amides is 2. The fourth-order valence-electron chi connectivity index (χ4n) is 2.80. The summed E-state index contributed by atoms with van der Waals surface area (Å²) >= 11 is 0. The number of aryl methyl sites for hydroxylation is 1. The second-order valence-corrected chi connectivity index (χ2v) is 5.77. The molecular formula is C16H19N5O3. The van der Waals surface area contributed by atoms with Gasteiger partial charge in [0.05, 0.1) is 11.9 Å². The smallest absolute Gasteiger partial charge is 0.277 e. The van der Waals surface area contributed by atoms with Gasteiger partial charge in [-0.1, -0.05) is 17.3 Å². The van der Waals surface area contributed by atoms with Gasteiger partial charge in [-0.25, -0.2) is 4.68 Å². The predicted octanol–water partition coefficient (Wildman–Crippen LogP) is -0.128. The Balaban J connectivity index is 1.62. The molecular weight excluding hydrogens is 310 g/mol. The molecule has 126 valence electrons. The van der Waals surface area contributed by atoms with Gasteiger partial charge in [-0.3, -0.25) is 14.4 Å². The van der Waals surface area contributed by atoms with E-state index in [9.17, 15) is 14.4 Å². The number of carbonyl (C=O) groups excluding carboxylic acids is 2. The van der Waals surface area contributed by atoms with E-state index in [0.29, 0.717) is 37.1 Å². The molecule has 0 atom stereocenters. The fourth-order valence-corrected chi connectivity index (χ4v) is 2.80. The van der Waals surface area contributed by atoms with Gasteiger partial charge in [-0.2, -0.15) is 0 Å². The van der Waals surface area contributed by atoms with Crippen LogP contribution in [0.2, 0.25) is 0 Å². The first kappa shape index (κ1) is 16.1. The molecule has 1 aromatic carbocycles. The SMILES string of the molecule is CC(=O)N1CCN(C(=O)CCn2nnc3ccccc3c2=O)CC1. The van der Waals surface area contributed by atoms with Gasteiger partial charge in [-0.15, -0.1) is 5.10 Å². The van der Waals surface area contributed by atoms with Crippen molar-refractivity contribution >= 4 is 22.7 Å². The molecule has 24 heavy (non-hydrogen) atoms. The molecule has 2 aromatic rings. The van der Waals surface area contributed by atoms with Crippen molar-refractivity contribution in [2.45, 2.75) is 19.9 Å². The third-order valence-corrected chi connectivity index (χ3v) is 4.24. The van der Waals surface area contributed by atoms with Gasteiger partial charge in [0.25, 0.3) is 5.56 Å². The minimum atomic E-state index is -0.241. The third kappa shape index (κ3) is 3.27. The largest absolute Gasteiger partial charge is 0.339 e. The molecule has 3 rings (SSSR count). The molecule has 0 unspecified atom stereocenters. The fraction of sp³-hybridized carbons (Fsp3) is 0.438. The first-order chi connectivity index (χ1) is 11.6. The van der Waals surface area contributed by atoms with Crippen LogP contribution in [0, 0.1) is 0 Å². The zero-order valence-corrected chi connectivity index (χ0v) is 13.5. The minimum absolute atomic E-state index is 0.0279. The predicted molar refractivity (Wildman–Crippen MR) is 87.2 cm³/mol. The lowest BCUT2D eigenvalue weighted by Gasteiger charge is -2.34. The van der Waals surface area contributed by atoms with E-state index in [1.165, 1.54) is 11.6 Å². The number of carbonyl (C=O) groups is 2. The van der Waals surface area contributed by atoms with Crippen LogP contribution in [-0.4, -0.2) is 62.8 Å². The highest BCUT2D eigenvalue weighted by Gasteiger charge is 2.22. The maximum atomic E-state index is 12.3. The molecule has 0 bridgehead atoms. The molecule has 8 nitrogen and oxygen atoms in total. The Morgan fingerprint density at radius 2 is 1.75 bits per heavy atom. The molecule has 2 heterocycles. The van der Waals surface area contributed by atoms with Gasteiger partial charge in [-0.05, 0) is 12.1 Å². The minimum Gasteiger partial charge on any atom is -0.339 e. The van der Waals surface area contributed by atoms with Gasteiger partial charge in [0, 0.05) is 39.5 Å². The maximum Gasteiger partial charge on any atom is 0.277 e. The van der Waals surface area contributed by atoms with Crippen molar-refractivity contribution < 1.29 is 9.59 Å². The quantitative estimate of drug-likeness (QED) is 0.783. The van der Waals surface area contributed by atoms with Crippen LogP contribution in [0.3, 0.4) is 0 Å². The molecule has 0 spiro atoms. The first-order valence-corrected chi connectivity index (χ1v) is 7.92. The number of hydrogen-bond donors (Lipinski definition) is 0. The van der Waals surface area contributed by atoms with Crippen LogP contribution in [0.1, 0.15) is 13.3 Å². The second kappa shape index (κ2) is 6.77. The topological polar surface area (TPSA) is 88.4 Å². The van der Waals surface area contributed by atoms with Crippen molar-refractivity contribution in [2.75, 3.05) is 26.2 Å². The van der Waals surface area contributed by atoms with Gasteiger partial charge in [0.2, 0.25) is 11.8 Å². The van der Waals surface area contributed by atoms with Gasteiger partial charge in [0.1, 0.15) is 5.52 Å². The van der Waals surface area contributed by atoms with Crippen LogP contribution in [0.5, 0.6) is 0 Å². The first-order valence-electron chi connectivity index (χ1n) is 7.92. The summed E-state index contributed by atoms with van der Waals surface area (Å²) in [5, 5.41) is 8.39. The Bertz CT molecular complexity index is 824. The summed E-state index contributed by atoms with van der Waals surface area (Å²) < 4.78 is 1.23. The highest BCUT2D eigenvalue weighted by Crippen LogP contribution is 2.06. The average Bonchev–Trinajstić information content (AvgIpc) is 2.61. The van der Waals surface area contributed by atoms with E-state index in [2.05, 4.69) is 10.3 Å². The maximum absolute atomic E-state index is 12.3. The van der Waals surface area contributed by atoms with Crippen LogP contribution in [0.15, 0.2) is 29.1 Å². The Hall–Kier alpha value is -2.77. The second-order valence-electron chi connectivity index (χ2n) is 5.77. The number of hydrogen-bond acceptors (Lipinski definition) is 5. The Morgan fingerprint density at radius 1 is 1.08 bits per heavy atom. The number of aromatic nitrogens is 3. The lowest BCUT2D eigenvalue weighted by molar-refractivity contribution is -0.138. The molecule has 1 aliphatic rings. The monoisotopic (exact) mass is 329 g/mol. The van der Waals surface area contributed by atoms with Gasteiger partial charge in [0.15, 0.2) is 0 Å². The summed E-state index contributed by atoms with van der Waals surface area (Å²) in [6.45, 7) is 3.88. The third-order valence-electron chi connectivity index (χ3n) is 4.24. The summed E-state index contributed by atoms with van der Waals surface area (Å²) in [4.78, 5) is 39.4. The van der Waals surface area contributed by atoms with E-state index < -0.39 is 0 Å². The highest BCUT2D eigenvalue weighted by molar-refractivity contribution is 5.78. The zero-order chi connectivity index (χ0) is 17.1. The molecule has 1 aliphatic heterocycles. The van der Waals surface area contributed by atoms with Crippen molar-refractivity contribution in [3.05, 3.63) is 34.6 Å².